The molecule has 8 heteroatoms. The summed E-state index contributed by atoms with van der Waals surface area (Å²) in [6, 6.07) is 7.68. The van der Waals surface area contributed by atoms with E-state index in [0.29, 0.717) is 5.52 Å². The molecule has 124 valence electrons. The number of carbonyl (C=O) groups is 2. The maximum absolute atomic E-state index is 12.5. The lowest BCUT2D eigenvalue weighted by Crippen LogP contribution is -2.41. The molecule has 0 saturated carbocycles. The number of rotatable bonds is 3. The lowest BCUT2D eigenvalue weighted by molar-refractivity contribution is -0.138. The standard InChI is InChI=1S/C16H15N3O5/c1-8(16(23)24)17-14(21)12-13(20)11-7-9-5-3-4-6-10(9)19(11)18(2)15(12)22/h3-8,20H,1-2H3,(H,17,21)(H,23,24). The van der Waals surface area contributed by atoms with E-state index < -0.39 is 34.8 Å². The number of carboxylic acid groups (broad SMARTS) is 1. The molecule has 0 bridgehead atoms. The second-order valence-corrected chi connectivity index (χ2v) is 5.49. The van der Waals surface area contributed by atoms with Gasteiger partial charge in [0.1, 0.15) is 17.1 Å². The predicted octanol–water partition coefficient (Wildman–Crippen LogP) is 0.700. The molecule has 8 nitrogen and oxygen atoms in total. The van der Waals surface area contributed by atoms with Crippen molar-refractivity contribution in [1.82, 2.24) is 14.5 Å². The van der Waals surface area contributed by atoms with Crippen LogP contribution in [0.25, 0.3) is 16.4 Å². The average Bonchev–Trinajstić information content (AvgIpc) is 2.92. The van der Waals surface area contributed by atoms with Crippen LogP contribution in [0.3, 0.4) is 0 Å². The van der Waals surface area contributed by atoms with E-state index in [9.17, 15) is 19.5 Å². The molecule has 24 heavy (non-hydrogen) atoms. The van der Waals surface area contributed by atoms with Crippen molar-refractivity contribution in [1.29, 1.82) is 0 Å². The molecule has 3 rings (SSSR count). The number of carbonyl (C=O) groups excluding carboxylic acids is 1. The van der Waals surface area contributed by atoms with Crippen molar-refractivity contribution in [2.45, 2.75) is 13.0 Å². The Kier molecular flexibility index (Phi) is 3.52. The van der Waals surface area contributed by atoms with Crippen LogP contribution in [0, 0.1) is 0 Å². The molecule has 0 fully saturated rings. The van der Waals surface area contributed by atoms with E-state index in [2.05, 4.69) is 5.32 Å². The van der Waals surface area contributed by atoms with Gasteiger partial charge in [-0.1, -0.05) is 18.2 Å². The molecule has 0 aliphatic heterocycles. The van der Waals surface area contributed by atoms with Gasteiger partial charge in [0.25, 0.3) is 11.5 Å². The van der Waals surface area contributed by atoms with Crippen LogP contribution in [0.15, 0.2) is 35.1 Å². The van der Waals surface area contributed by atoms with Crippen LogP contribution in [-0.2, 0) is 11.8 Å². The van der Waals surface area contributed by atoms with Gasteiger partial charge < -0.3 is 15.5 Å². The monoisotopic (exact) mass is 329 g/mol. The Morgan fingerprint density at radius 1 is 1.21 bits per heavy atom. The Morgan fingerprint density at radius 3 is 2.54 bits per heavy atom. The van der Waals surface area contributed by atoms with Crippen LogP contribution in [0.1, 0.15) is 17.3 Å². The molecule has 1 amide bonds. The Labute approximate surface area is 135 Å². The lowest BCUT2D eigenvalue weighted by Gasteiger charge is -2.13. The van der Waals surface area contributed by atoms with E-state index in [-0.39, 0.29) is 5.52 Å². The summed E-state index contributed by atoms with van der Waals surface area (Å²) in [5.74, 6) is -2.66. The highest BCUT2D eigenvalue weighted by atomic mass is 16.4. The molecule has 1 atom stereocenters. The summed E-state index contributed by atoms with van der Waals surface area (Å²) in [6.07, 6.45) is 0. The molecule has 0 aliphatic rings. The number of nitrogens with zero attached hydrogens (tertiary/aromatic N) is 2. The molecule has 0 spiro atoms. The third-order valence-electron chi connectivity index (χ3n) is 3.92. The van der Waals surface area contributed by atoms with E-state index in [1.807, 2.05) is 12.1 Å². The number of benzene rings is 1. The number of carboxylic acids is 1. The molecule has 1 unspecified atom stereocenters. The van der Waals surface area contributed by atoms with E-state index in [4.69, 9.17) is 5.11 Å². The number of hydrogen-bond donors (Lipinski definition) is 3. The van der Waals surface area contributed by atoms with Crippen molar-refractivity contribution in [3.8, 4) is 5.75 Å². The molecule has 3 aromatic rings. The first-order valence-electron chi connectivity index (χ1n) is 7.19. The number of hydrogen-bond acceptors (Lipinski definition) is 4. The van der Waals surface area contributed by atoms with Gasteiger partial charge in [0.2, 0.25) is 0 Å². The Bertz CT molecular complexity index is 1050. The third kappa shape index (κ3) is 2.19. The molecule has 0 radical (unpaired) electrons. The fourth-order valence-corrected chi connectivity index (χ4v) is 2.65. The maximum Gasteiger partial charge on any atom is 0.325 e. The van der Waals surface area contributed by atoms with Gasteiger partial charge in [-0.15, -0.1) is 0 Å². The highest BCUT2D eigenvalue weighted by molar-refractivity contribution is 6.01. The number of aromatic nitrogens is 2. The first kappa shape index (κ1) is 15.6. The largest absolute Gasteiger partial charge is 0.505 e. The van der Waals surface area contributed by atoms with Gasteiger partial charge in [-0.25, -0.2) is 9.20 Å². The van der Waals surface area contributed by atoms with Crippen LogP contribution in [0.4, 0.5) is 0 Å². The minimum absolute atomic E-state index is 0.284. The van der Waals surface area contributed by atoms with Crippen LogP contribution in [-0.4, -0.2) is 37.3 Å². The lowest BCUT2D eigenvalue weighted by atomic mass is 10.2. The molecule has 2 heterocycles. The average molecular weight is 329 g/mol. The van der Waals surface area contributed by atoms with Crippen molar-refractivity contribution in [3.05, 3.63) is 46.2 Å². The molecule has 0 aliphatic carbocycles. The first-order chi connectivity index (χ1) is 11.3. The van der Waals surface area contributed by atoms with Crippen molar-refractivity contribution in [2.24, 2.45) is 7.05 Å². The number of aromatic hydroxyl groups is 1. The Hall–Kier alpha value is -3.29. The van der Waals surface area contributed by atoms with Gasteiger partial charge in [0.15, 0.2) is 5.75 Å². The van der Waals surface area contributed by atoms with E-state index >= 15 is 0 Å². The van der Waals surface area contributed by atoms with E-state index in [1.54, 1.807) is 18.2 Å². The van der Waals surface area contributed by atoms with Crippen molar-refractivity contribution < 1.29 is 19.8 Å². The number of amides is 1. The minimum atomic E-state index is -1.24. The van der Waals surface area contributed by atoms with Gasteiger partial charge in [-0.05, 0) is 19.1 Å². The van der Waals surface area contributed by atoms with Crippen LogP contribution in [0.2, 0.25) is 0 Å². The Balaban J connectivity index is 2.27. The molecule has 0 saturated heterocycles. The van der Waals surface area contributed by atoms with E-state index in [0.717, 1.165) is 5.39 Å². The zero-order valence-corrected chi connectivity index (χ0v) is 13.0. The zero-order chi connectivity index (χ0) is 17.6. The normalized spacial score (nSPS) is 12.4. The Morgan fingerprint density at radius 2 is 1.88 bits per heavy atom. The summed E-state index contributed by atoms with van der Waals surface area (Å²) in [6.45, 7) is 1.27. The highest BCUT2D eigenvalue weighted by Crippen LogP contribution is 2.27. The second-order valence-electron chi connectivity index (χ2n) is 5.49. The van der Waals surface area contributed by atoms with Crippen LogP contribution >= 0.6 is 0 Å². The van der Waals surface area contributed by atoms with Gasteiger partial charge in [0.05, 0.1) is 5.52 Å². The molecule has 3 N–H and O–H groups in total. The van der Waals surface area contributed by atoms with Crippen molar-refractivity contribution >= 4 is 28.3 Å². The van der Waals surface area contributed by atoms with Gasteiger partial charge >= 0.3 is 5.97 Å². The molecular weight excluding hydrogens is 314 g/mol. The summed E-state index contributed by atoms with van der Waals surface area (Å²) in [4.78, 5) is 35.6. The number of para-hydroxylation sites is 1. The number of aryl methyl sites for hydroxylation is 1. The van der Waals surface area contributed by atoms with E-state index in [1.165, 1.54) is 23.2 Å². The van der Waals surface area contributed by atoms with Crippen molar-refractivity contribution in [3.63, 3.8) is 0 Å². The fraction of sp³-hybridized carbons (Fsp3) is 0.188. The van der Waals surface area contributed by atoms with Gasteiger partial charge in [-0.3, -0.25) is 14.4 Å². The summed E-state index contributed by atoms with van der Waals surface area (Å²) in [5, 5.41) is 22.3. The molecule has 2 aromatic heterocycles. The summed E-state index contributed by atoms with van der Waals surface area (Å²) < 4.78 is 2.71. The summed E-state index contributed by atoms with van der Waals surface area (Å²) in [7, 11) is 1.47. The first-order valence-corrected chi connectivity index (χ1v) is 7.19. The number of aliphatic carboxylic acids is 1. The SMILES string of the molecule is CC(NC(=O)c1c(O)c2cc3ccccc3n2n(C)c1=O)C(=O)O. The smallest absolute Gasteiger partial charge is 0.325 e. The second kappa shape index (κ2) is 5.41. The van der Waals surface area contributed by atoms with Crippen LogP contribution in [0.5, 0.6) is 5.75 Å². The minimum Gasteiger partial charge on any atom is -0.505 e. The quantitative estimate of drug-likeness (QED) is 0.655. The summed E-state index contributed by atoms with van der Waals surface area (Å²) >= 11 is 0. The third-order valence-corrected chi connectivity index (χ3v) is 3.92. The van der Waals surface area contributed by atoms with Crippen molar-refractivity contribution in [2.75, 3.05) is 0 Å². The summed E-state index contributed by atoms with van der Waals surface area (Å²) in [5.41, 5.74) is -0.225. The highest BCUT2D eigenvalue weighted by Gasteiger charge is 2.25. The topological polar surface area (TPSA) is 113 Å². The fourth-order valence-electron chi connectivity index (χ4n) is 2.65. The number of nitrogens with one attached hydrogen (secondary N) is 1. The van der Waals surface area contributed by atoms with Gasteiger partial charge in [0, 0.05) is 12.4 Å². The van der Waals surface area contributed by atoms with Gasteiger partial charge in [-0.2, -0.15) is 0 Å². The molecule has 1 aromatic carbocycles. The van der Waals surface area contributed by atoms with Crippen LogP contribution < -0.4 is 10.9 Å². The maximum atomic E-state index is 12.5. The zero-order valence-electron chi connectivity index (χ0n) is 13.0. The number of fused-ring (bicyclic) bond motifs is 3. The molecular formula is C16H15N3O5. The predicted molar refractivity (Wildman–Crippen MR) is 86.4 cm³/mol.